The van der Waals surface area contributed by atoms with E-state index in [1.165, 1.54) is 12.1 Å². The van der Waals surface area contributed by atoms with Gasteiger partial charge in [0, 0.05) is 0 Å². The second-order valence-electron chi connectivity index (χ2n) is 2.86. The number of carboxylic acid groups (broad SMARTS) is 2. The number of thiocarbonyl (C=S) groups is 1. The average molecular weight is 240 g/mol. The van der Waals surface area contributed by atoms with E-state index in [0.717, 1.165) is 6.07 Å². The number of benzene rings is 1. The largest absolute Gasteiger partial charge is 0.478 e. The Hall–Kier alpha value is -2.15. The lowest BCUT2D eigenvalue weighted by Gasteiger charge is -2.08. The summed E-state index contributed by atoms with van der Waals surface area (Å²) in [6.07, 6.45) is 0. The van der Waals surface area contributed by atoms with Crippen molar-refractivity contribution in [2.24, 2.45) is 5.73 Å². The van der Waals surface area contributed by atoms with Crippen LogP contribution in [-0.2, 0) is 0 Å². The van der Waals surface area contributed by atoms with Gasteiger partial charge < -0.3 is 21.3 Å². The van der Waals surface area contributed by atoms with Gasteiger partial charge in [0.05, 0.1) is 16.8 Å². The molecule has 0 bridgehead atoms. The first-order valence-corrected chi connectivity index (χ1v) is 4.49. The number of aromatic carboxylic acids is 2. The van der Waals surface area contributed by atoms with E-state index < -0.39 is 11.9 Å². The van der Waals surface area contributed by atoms with E-state index in [1.54, 1.807) is 0 Å². The van der Waals surface area contributed by atoms with Crippen LogP contribution in [0.2, 0.25) is 0 Å². The molecular weight excluding hydrogens is 232 g/mol. The maximum absolute atomic E-state index is 10.9. The Labute approximate surface area is 95.7 Å². The molecule has 1 aromatic rings. The number of carboxylic acids is 2. The van der Waals surface area contributed by atoms with Crippen molar-refractivity contribution in [3.8, 4) is 0 Å². The van der Waals surface area contributed by atoms with Crippen LogP contribution in [-0.4, -0.2) is 27.3 Å². The van der Waals surface area contributed by atoms with Crippen LogP contribution in [0.15, 0.2) is 18.2 Å². The average Bonchev–Trinajstić information content (AvgIpc) is 2.16. The second kappa shape index (κ2) is 4.58. The molecule has 1 aromatic carbocycles. The highest BCUT2D eigenvalue weighted by atomic mass is 32.1. The Morgan fingerprint density at radius 3 is 2.31 bits per heavy atom. The number of rotatable bonds is 3. The van der Waals surface area contributed by atoms with Gasteiger partial charge in [-0.2, -0.15) is 0 Å². The van der Waals surface area contributed by atoms with Gasteiger partial charge in [0.25, 0.3) is 0 Å². The Kier molecular flexibility index (Phi) is 3.41. The normalized spacial score (nSPS) is 9.50. The third-order valence-electron chi connectivity index (χ3n) is 1.75. The number of hydrogen-bond donors (Lipinski definition) is 4. The van der Waals surface area contributed by atoms with E-state index >= 15 is 0 Å². The van der Waals surface area contributed by atoms with Crippen molar-refractivity contribution < 1.29 is 19.8 Å². The predicted octanol–water partition coefficient (Wildman–Crippen LogP) is 0.739. The predicted molar refractivity (Wildman–Crippen MR) is 60.8 cm³/mol. The Morgan fingerprint density at radius 2 is 1.88 bits per heavy atom. The lowest BCUT2D eigenvalue weighted by atomic mass is 10.1. The molecule has 0 saturated carbocycles. The van der Waals surface area contributed by atoms with Gasteiger partial charge in [-0.15, -0.1) is 0 Å². The summed E-state index contributed by atoms with van der Waals surface area (Å²) in [5, 5.41) is 19.9. The maximum Gasteiger partial charge on any atom is 0.337 e. The molecule has 16 heavy (non-hydrogen) atoms. The zero-order valence-corrected chi connectivity index (χ0v) is 8.75. The number of nitrogens with two attached hydrogens (primary N) is 1. The molecule has 0 atom stereocenters. The quantitative estimate of drug-likeness (QED) is 0.576. The van der Waals surface area contributed by atoms with Crippen LogP contribution in [0.3, 0.4) is 0 Å². The number of carbonyl (C=O) groups is 2. The fourth-order valence-electron chi connectivity index (χ4n) is 1.10. The van der Waals surface area contributed by atoms with Crippen LogP contribution in [0, 0.1) is 0 Å². The number of nitrogens with one attached hydrogen (secondary N) is 1. The van der Waals surface area contributed by atoms with Crippen LogP contribution < -0.4 is 11.1 Å². The van der Waals surface area contributed by atoms with Gasteiger partial charge in [-0.3, -0.25) is 0 Å². The maximum atomic E-state index is 10.9. The molecular formula is C9H8N2O4S. The number of hydrogen-bond acceptors (Lipinski definition) is 3. The van der Waals surface area contributed by atoms with Crippen molar-refractivity contribution >= 4 is 35.0 Å². The zero-order chi connectivity index (χ0) is 12.3. The minimum absolute atomic E-state index is 0.0921. The standard InChI is InChI=1S/C9H8N2O4S/c10-9(16)11-6-2-1-4(7(12)13)3-5(6)8(14)15/h1-3H,(H,12,13)(H,14,15)(H3,10,11,16). The van der Waals surface area contributed by atoms with Gasteiger partial charge in [0.15, 0.2) is 5.11 Å². The van der Waals surface area contributed by atoms with Crippen molar-refractivity contribution in [3.63, 3.8) is 0 Å². The molecule has 0 radical (unpaired) electrons. The summed E-state index contributed by atoms with van der Waals surface area (Å²) in [4.78, 5) is 21.5. The Bertz CT molecular complexity index is 473. The fraction of sp³-hybridized carbons (Fsp3) is 0. The van der Waals surface area contributed by atoms with Gasteiger partial charge in [-0.05, 0) is 30.4 Å². The van der Waals surface area contributed by atoms with Crippen molar-refractivity contribution in [2.75, 3.05) is 5.32 Å². The molecule has 1 rings (SSSR count). The SMILES string of the molecule is NC(=S)Nc1ccc(C(=O)O)cc1C(=O)O. The molecule has 7 heteroatoms. The highest BCUT2D eigenvalue weighted by molar-refractivity contribution is 7.80. The molecule has 0 aliphatic heterocycles. The molecule has 0 amide bonds. The first-order chi connectivity index (χ1) is 7.41. The Balaban J connectivity index is 3.24. The van der Waals surface area contributed by atoms with E-state index in [4.69, 9.17) is 15.9 Å². The third kappa shape index (κ3) is 2.67. The van der Waals surface area contributed by atoms with Crippen LogP contribution in [0.25, 0.3) is 0 Å². The Morgan fingerprint density at radius 1 is 1.25 bits per heavy atom. The molecule has 0 aliphatic rings. The van der Waals surface area contributed by atoms with E-state index in [-0.39, 0.29) is 21.9 Å². The lowest BCUT2D eigenvalue weighted by Crippen LogP contribution is -2.21. The second-order valence-corrected chi connectivity index (χ2v) is 3.30. The first kappa shape index (κ1) is 11.9. The van der Waals surface area contributed by atoms with Crippen LogP contribution in [0.1, 0.15) is 20.7 Å². The lowest BCUT2D eigenvalue weighted by molar-refractivity contribution is 0.0696. The summed E-state index contributed by atoms with van der Waals surface area (Å²) < 4.78 is 0. The van der Waals surface area contributed by atoms with Crippen molar-refractivity contribution in [3.05, 3.63) is 29.3 Å². The van der Waals surface area contributed by atoms with E-state index in [0.29, 0.717) is 0 Å². The van der Waals surface area contributed by atoms with Crippen molar-refractivity contribution in [1.82, 2.24) is 0 Å². The fourth-order valence-corrected chi connectivity index (χ4v) is 1.21. The van der Waals surface area contributed by atoms with Gasteiger partial charge in [-0.25, -0.2) is 9.59 Å². The molecule has 0 saturated heterocycles. The third-order valence-corrected chi connectivity index (χ3v) is 1.86. The van der Waals surface area contributed by atoms with Gasteiger partial charge >= 0.3 is 11.9 Å². The van der Waals surface area contributed by atoms with Gasteiger partial charge in [0.1, 0.15) is 0 Å². The van der Waals surface area contributed by atoms with Crippen molar-refractivity contribution in [2.45, 2.75) is 0 Å². The van der Waals surface area contributed by atoms with E-state index in [9.17, 15) is 9.59 Å². The topological polar surface area (TPSA) is 113 Å². The van der Waals surface area contributed by atoms with Crippen LogP contribution in [0.5, 0.6) is 0 Å². The molecule has 5 N–H and O–H groups in total. The molecule has 0 unspecified atom stereocenters. The monoisotopic (exact) mass is 240 g/mol. The highest BCUT2D eigenvalue weighted by Gasteiger charge is 2.14. The smallest absolute Gasteiger partial charge is 0.337 e. The summed E-state index contributed by atoms with van der Waals surface area (Å²) in [5.74, 6) is -2.47. The van der Waals surface area contributed by atoms with Gasteiger partial charge in [-0.1, -0.05) is 0 Å². The van der Waals surface area contributed by atoms with Crippen LogP contribution >= 0.6 is 12.2 Å². The summed E-state index contributed by atoms with van der Waals surface area (Å²) in [5.41, 5.74) is 5.04. The summed E-state index contributed by atoms with van der Waals surface area (Å²) >= 11 is 4.57. The molecule has 6 nitrogen and oxygen atoms in total. The summed E-state index contributed by atoms with van der Waals surface area (Å²) in [6.45, 7) is 0. The summed E-state index contributed by atoms with van der Waals surface area (Å²) in [6, 6.07) is 3.59. The first-order valence-electron chi connectivity index (χ1n) is 4.09. The summed E-state index contributed by atoms with van der Waals surface area (Å²) in [7, 11) is 0. The minimum atomic E-state index is -1.26. The molecule has 0 spiro atoms. The van der Waals surface area contributed by atoms with Gasteiger partial charge in [0.2, 0.25) is 0 Å². The molecule has 0 fully saturated rings. The van der Waals surface area contributed by atoms with E-state index in [2.05, 4.69) is 17.5 Å². The highest BCUT2D eigenvalue weighted by Crippen LogP contribution is 2.17. The molecule has 0 heterocycles. The molecule has 0 aliphatic carbocycles. The van der Waals surface area contributed by atoms with Crippen LogP contribution in [0.4, 0.5) is 5.69 Å². The van der Waals surface area contributed by atoms with E-state index in [1.807, 2.05) is 0 Å². The number of anilines is 1. The minimum Gasteiger partial charge on any atom is -0.478 e. The zero-order valence-electron chi connectivity index (χ0n) is 7.93. The van der Waals surface area contributed by atoms with Crippen molar-refractivity contribution in [1.29, 1.82) is 0 Å². The molecule has 84 valence electrons. The molecule has 0 aromatic heterocycles.